The SMILES string of the molecule is CCNc1nc(Nc2ccc(OC)c(F)c2)cc(-c2ccccn2)n1. The van der Waals surface area contributed by atoms with Crippen LogP contribution in [-0.2, 0) is 0 Å². The minimum absolute atomic E-state index is 0.191. The van der Waals surface area contributed by atoms with Gasteiger partial charge in [-0.3, -0.25) is 4.98 Å². The average Bonchev–Trinajstić information content (AvgIpc) is 2.63. The highest BCUT2D eigenvalue weighted by molar-refractivity contribution is 5.65. The first-order chi connectivity index (χ1) is 12.2. The lowest BCUT2D eigenvalue weighted by atomic mass is 10.2. The highest BCUT2D eigenvalue weighted by Crippen LogP contribution is 2.25. The van der Waals surface area contributed by atoms with Crippen molar-refractivity contribution < 1.29 is 9.13 Å². The summed E-state index contributed by atoms with van der Waals surface area (Å²) in [6, 6.07) is 12.0. The molecule has 25 heavy (non-hydrogen) atoms. The van der Waals surface area contributed by atoms with Crippen LogP contribution in [0.3, 0.4) is 0 Å². The lowest BCUT2D eigenvalue weighted by Gasteiger charge is -2.11. The number of ether oxygens (including phenoxy) is 1. The summed E-state index contributed by atoms with van der Waals surface area (Å²) in [6.45, 7) is 2.64. The van der Waals surface area contributed by atoms with Crippen LogP contribution in [0.25, 0.3) is 11.4 Å². The zero-order valence-corrected chi connectivity index (χ0v) is 14.0. The molecule has 2 heterocycles. The van der Waals surface area contributed by atoms with Gasteiger partial charge in [0.15, 0.2) is 11.6 Å². The van der Waals surface area contributed by atoms with Crippen LogP contribution in [0.15, 0.2) is 48.7 Å². The maximum absolute atomic E-state index is 13.9. The van der Waals surface area contributed by atoms with Crippen LogP contribution in [0, 0.1) is 5.82 Å². The van der Waals surface area contributed by atoms with E-state index in [1.807, 2.05) is 25.1 Å². The van der Waals surface area contributed by atoms with Crippen LogP contribution >= 0.6 is 0 Å². The molecule has 0 aliphatic rings. The highest BCUT2D eigenvalue weighted by atomic mass is 19.1. The first-order valence-corrected chi connectivity index (χ1v) is 7.84. The summed E-state index contributed by atoms with van der Waals surface area (Å²) >= 11 is 0. The second-order valence-corrected chi connectivity index (χ2v) is 5.18. The molecule has 0 atom stereocenters. The Morgan fingerprint density at radius 2 is 1.96 bits per heavy atom. The summed E-state index contributed by atoms with van der Waals surface area (Å²) in [7, 11) is 1.43. The normalized spacial score (nSPS) is 10.4. The van der Waals surface area contributed by atoms with Gasteiger partial charge in [0, 0.05) is 30.6 Å². The molecule has 3 aromatic rings. The summed E-state index contributed by atoms with van der Waals surface area (Å²) in [4.78, 5) is 13.2. The molecule has 128 valence electrons. The Morgan fingerprint density at radius 3 is 2.64 bits per heavy atom. The topological polar surface area (TPSA) is 72.0 Å². The van der Waals surface area contributed by atoms with E-state index in [0.29, 0.717) is 29.7 Å². The molecular weight excluding hydrogens is 321 g/mol. The predicted octanol–water partition coefficient (Wildman–Crippen LogP) is 3.86. The van der Waals surface area contributed by atoms with Gasteiger partial charge in [0.25, 0.3) is 0 Å². The molecule has 2 N–H and O–H groups in total. The molecule has 2 aromatic heterocycles. The Hall–Kier alpha value is -3.22. The zero-order valence-electron chi connectivity index (χ0n) is 14.0. The fraction of sp³-hybridized carbons (Fsp3) is 0.167. The van der Waals surface area contributed by atoms with Crippen molar-refractivity contribution in [3.63, 3.8) is 0 Å². The number of halogens is 1. The quantitative estimate of drug-likeness (QED) is 0.710. The fourth-order valence-corrected chi connectivity index (χ4v) is 2.29. The number of hydrogen-bond acceptors (Lipinski definition) is 6. The average molecular weight is 339 g/mol. The molecule has 0 aliphatic heterocycles. The Bertz CT molecular complexity index is 857. The molecular formula is C18H18FN5O. The molecule has 0 radical (unpaired) electrons. The molecule has 3 rings (SSSR count). The Morgan fingerprint density at radius 1 is 1.08 bits per heavy atom. The van der Waals surface area contributed by atoms with Crippen molar-refractivity contribution in [3.05, 3.63) is 54.5 Å². The van der Waals surface area contributed by atoms with Crippen molar-refractivity contribution in [2.24, 2.45) is 0 Å². The second kappa shape index (κ2) is 7.57. The third kappa shape index (κ3) is 4.00. The van der Waals surface area contributed by atoms with Crippen molar-refractivity contribution in [1.29, 1.82) is 0 Å². The van der Waals surface area contributed by atoms with E-state index >= 15 is 0 Å². The lowest BCUT2D eigenvalue weighted by molar-refractivity contribution is 0.386. The van der Waals surface area contributed by atoms with E-state index < -0.39 is 5.82 Å². The number of rotatable bonds is 6. The molecule has 0 spiro atoms. The van der Waals surface area contributed by atoms with Crippen LogP contribution in [-0.4, -0.2) is 28.6 Å². The molecule has 6 nitrogen and oxygen atoms in total. The van der Waals surface area contributed by atoms with Gasteiger partial charge in [-0.25, -0.2) is 9.37 Å². The monoisotopic (exact) mass is 339 g/mol. The number of aromatic nitrogens is 3. The number of pyridine rings is 1. The van der Waals surface area contributed by atoms with Gasteiger partial charge in [0.2, 0.25) is 5.95 Å². The summed E-state index contributed by atoms with van der Waals surface area (Å²) < 4.78 is 18.8. The van der Waals surface area contributed by atoms with E-state index in [-0.39, 0.29) is 5.75 Å². The molecule has 1 aromatic carbocycles. The van der Waals surface area contributed by atoms with E-state index in [1.165, 1.54) is 13.2 Å². The lowest BCUT2D eigenvalue weighted by Crippen LogP contribution is -2.05. The largest absolute Gasteiger partial charge is 0.494 e. The predicted molar refractivity (Wildman–Crippen MR) is 95.7 cm³/mol. The number of benzene rings is 1. The number of methoxy groups -OCH3 is 1. The minimum atomic E-state index is -0.446. The molecule has 0 fully saturated rings. The smallest absolute Gasteiger partial charge is 0.225 e. The minimum Gasteiger partial charge on any atom is -0.494 e. The van der Waals surface area contributed by atoms with Crippen LogP contribution in [0.2, 0.25) is 0 Å². The van der Waals surface area contributed by atoms with E-state index in [1.54, 1.807) is 24.4 Å². The van der Waals surface area contributed by atoms with Crippen molar-refractivity contribution in [1.82, 2.24) is 15.0 Å². The molecule has 7 heteroatoms. The van der Waals surface area contributed by atoms with Gasteiger partial charge in [-0.1, -0.05) is 6.07 Å². The third-order valence-corrected chi connectivity index (χ3v) is 3.41. The molecule has 0 saturated carbocycles. The van der Waals surface area contributed by atoms with E-state index in [0.717, 1.165) is 5.69 Å². The standard InChI is InChI=1S/C18H18FN5O/c1-3-20-18-23-15(14-6-4-5-9-21-14)11-17(24-18)22-12-7-8-16(25-2)13(19)10-12/h4-11H,3H2,1-2H3,(H2,20,22,23,24). The number of nitrogens with zero attached hydrogens (tertiary/aromatic N) is 3. The van der Waals surface area contributed by atoms with Crippen LogP contribution in [0.4, 0.5) is 21.8 Å². The van der Waals surface area contributed by atoms with E-state index in [9.17, 15) is 4.39 Å². The van der Waals surface area contributed by atoms with Gasteiger partial charge in [0.05, 0.1) is 18.5 Å². The molecule has 0 amide bonds. The maximum Gasteiger partial charge on any atom is 0.225 e. The van der Waals surface area contributed by atoms with Crippen molar-refractivity contribution in [2.75, 3.05) is 24.3 Å². The Kier molecular flexibility index (Phi) is 5.03. The first-order valence-electron chi connectivity index (χ1n) is 7.84. The van der Waals surface area contributed by atoms with Gasteiger partial charge >= 0.3 is 0 Å². The molecule has 0 bridgehead atoms. The van der Waals surface area contributed by atoms with E-state index in [2.05, 4.69) is 25.6 Å². The number of anilines is 3. The molecule has 0 saturated heterocycles. The zero-order chi connectivity index (χ0) is 17.6. The highest BCUT2D eigenvalue weighted by Gasteiger charge is 2.09. The van der Waals surface area contributed by atoms with Crippen molar-refractivity contribution >= 4 is 17.5 Å². The third-order valence-electron chi connectivity index (χ3n) is 3.41. The van der Waals surface area contributed by atoms with Crippen LogP contribution in [0.5, 0.6) is 5.75 Å². The van der Waals surface area contributed by atoms with Crippen LogP contribution < -0.4 is 15.4 Å². The Labute approximate surface area is 145 Å². The van der Waals surface area contributed by atoms with Gasteiger partial charge in [-0.2, -0.15) is 4.98 Å². The molecule has 0 unspecified atom stereocenters. The van der Waals surface area contributed by atoms with Gasteiger partial charge < -0.3 is 15.4 Å². The summed E-state index contributed by atoms with van der Waals surface area (Å²) in [6.07, 6.45) is 1.70. The van der Waals surface area contributed by atoms with Crippen LogP contribution in [0.1, 0.15) is 6.92 Å². The van der Waals surface area contributed by atoms with Gasteiger partial charge in [-0.05, 0) is 31.2 Å². The fourth-order valence-electron chi connectivity index (χ4n) is 2.29. The number of nitrogens with one attached hydrogen (secondary N) is 2. The van der Waals surface area contributed by atoms with Crippen molar-refractivity contribution in [3.8, 4) is 17.1 Å². The summed E-state index contributed by atoms with van der Waals surface area (Å²) in [5, 5.41) is 6.18. The first kappa shape index (κ1) is 16.6. The van der Waals surface area contributed by atoms with Gasteiger partial charge in [0.1, 0.15) is 5.82 Å². The van der Waals surface area contributed by atoms with E-state index in [4.69, 9.17) is 4.74 Å². The van der Waals surface area contributed by atoms with Crippen molar-refractivity contribution in [2.45, 2.75) is 6.92 Å². The summed E-state index contributed by atoms with van der Waals surface area (Å²) in [5.74, 6) is 0.757. The second-order valence-electron chi connectivity index (χ2n) is 5.18. The number of hydrogen-bond donors (Lipinski definition) is 2. The maximum atomic E-state index is 13.9. The molecule has 0 aliphatic carbocycles. The summed E-state index contributed by atoms with van der Waals surface area (Å²) in [5.41, 5.74) is 1.96. The van der Waals surface area contributed by atoms with Gasteiger partial charge in [-0.15, -0.1) is 0 Å². The Balaban J connectivity index is 1.95.